The molecule has 1 aromatic heterocycles. The predicted octanol–water partition coefficient (Wildman–Crippen LogP) is 2.13. The lowest BCUT2D eigenvalue weighted by Gasteiger charge is -2.16. The number of hydrogen-bond acceptors (Lipinski definition) is 8. The number of aliphatic hydroxyl groups is 1. The molecule has 164 valence electrons. The number of benzene rings is 2. The van der Waals surface area contributed by atoms with Crippen LogP contribution in [0, 0.1) is 11.3 Å². The molecule has 9 nitrogen and oxygen atoms in total. The number of nitriles is 1. The second kappa shape index (κ2) is 10.6. The molecule has 1 amide bonds. The molecular formula is C22H21N5O4S. The van der Waals surface area contributed by atoms with E-state index in [1.54, 1.807) is 67.3 Å². The van der Waals surface area contributed by atoms with E-state index in [0.29, 0.717) is 33.4 Å². The zero-order chi connectivity index (χ0) is 23.1. The van der Waals surface area contributed by atoms with Crippen LogP contribution in [0.5, 0.6) is 5.75 Å². The average molecular weight is 452 g/mol. The smallest absolute Gasteiger partial charge is 0.251 e. The second-order valence-electron chi connectivity index (χ2n) is 6.74. The molecule has 10 heteroatoms. The molecule has 3 aromatic rings. The van der Waals surface area contributed by atoms with Crippen LogP contribution in [0.4, 0.5) is 0 Å². The summed E-state index contributed by atoms with van der Waals surface area (Å²) in [7, 11) is 3.24. The molecule has 0 spiro atoms. The van der Waals surface area contributed by atoms with E-state index in [-0.39, 0.29) is 24.1 Å². The maximum atomic E-state index is 12.5. The summed E-state index contributed by atoms with van der Waals surface area (Å²) in [4.78, 5) is 24.9. The van der Waals surface area contributed by atoms with Crippen molar-refractivity contribution in [3.05, 3.63) is 71.0 Å². The van der Waals surface area contributed by atoms with Gasteiger partial charge >= 0.3 is 0 Å². The molecule has 2 aromatic carbocycles. The van der Waals surface area contributed by atoms with Gasteiger partial charge in [-0.25, -0.2) is 0 Å². The number of nitrogens with zero attached hydrogens (tertiary/aromatic N) is 4. The lowest BCUT2D eigenvalue weighted by Crippen LogP contribution is -2.32. The van der Waals surface area contributed by atoms with Crippen molar-refractivity contribution < 1.29 is 19.4 Å². The molecule has 1 heterocycles. The van der Waals surface area contributed by atoms with Crippen molar-refractivity contribution in [3.63, 3.8) is 0 Å². The highest BCUT2D eigenvalue weighted by atomic mass is 32.2. The lowest BCUT2D eigenvalue weighted by molar-refractivity contribution is 0.0911. The first-order valence-corrected chi connectivity index (χ1v) is 10.6. The third-order valence-corrected chi connectivity index (χ3v) is 5.71. The normalized spacial score (nSPS) is 11.4. The first-order chi connectivity index (χ1) is 15.5. The number of ether oxygens (including phenoxy) is 1. The highest BCUT2D eigenvalue weighted by molar-refractivity contribution is 7.99. The summed E-state index contributed by atoms with van der Waals surface area (Å²) < 4.78 is 6.72. The van der Waals surface area contributed by atoms with Gasteiger partial charge in [-0.1, -0.05) is 23.9 Å². The Labute approximate surface area is 189 Å². The van der Waals surface area contributed by atoms with Crippen molar-refractivity contribution >= 4 is 23.5 Å². The lowest BCUT2D eigenvalue weighted by atomic mass is 10.1. The Morgan fingerprint density at radius 1 is 1.16 bits per heavy atom. The topological polar surface area (TPSA) is 130 Å². The number of ketones is 1. The molecule has 0 radical (unpaired) electrons. The van der Waals surface area contributed by atoms with Gasteiger partial charge < -0.3 is 19.7 Å². The number of methoxy groups -OCH3 is 1. The van der Waals surface area contributed by atoms with E-state index in [1.165, 1.54) is 11.8 Å². The van der Waals surface area contributed by atoms with E-state index in [1.807, 2.05) is 6.07 Å². The van der Waals surface area contributed by atoms with E-state index in [0.717, 1.165) is 0 Å². The molecule has 3 rings (SSSR count). The fourth-order valence-electron chi connectivity index (χ4n) is 2.88. The van der Waals surface area contributed by atoms with E-state index >= 15 is 0 Å². The van der Waals surface area contributed by atoms with Crippen LogP contribution in [0.2, 0.25) is 0 Å². The quantitative estimate of drug-likeness (QED) is 0.374. The number of hydrogen-bond donors (Lipinski definition) is 2. The van der Waals surface area contributed by atoms with Crippen LogP contribution >= 0.6 is 11.8 Å². The second-order valence-corrected chi connectivity index (χ2v) is 7.68. The predicted molar refractivity (Wildman–Crippen MR) is 118 cm³/mol. The van der Waals surface area contributed by atoms with Gasteiger partial charge in [0, 0.05) is 18.2 Å². The zero-order valence-electron chi connectivity index (χ0n) is 17.5. The van der Waals surface area contributed by atoms with Crippen molar-refractivity contribution in [2.24, 2.45) is 7.05 Å². The number of Topliss-reactive ketones (excluding diaryl/α,β-unsaturated/α-hetero) is 1. The summed E-state index contributed by atoms with van der Waals surface area (Å²) in [6.07, 6.45) is 0. The Kier molecular flexibility index (Phi) is 7.59. The van der Waals surface area contributed by atoms with Crippen LogP contribution in [0.1, 0.15) is 38.1 Å². The molecule has 32 heavy (non-hydrogen) atoms. The number of aromatic nitrogens is 3. The van der Waals surface area contributed by atoms with Crippen LogP contribution in [0.3, 0.4) is 0 Å². The van der Waals surface area contributed by atoms with Gasteiger partial charge in [0.25, 0.3) is 5.91 Å². The molecule has 1 atom stereocenters. The molecular weight excluding hydrogens is 430 g/mol. The van der Waals surface area contributed by atoms with Gasteiger partial charge in [0.1, 0.15) is 11.8 Å². The molecule has 0 aliphatic rings. The minimum atomic E-state index is -0.773. The number of amides is 1. The molecule has 0 saturated heterocycles. The summed E-state index contributed by atoms with van der Waals surface area (Å²) in [5.74, 6) is 0.629. The number of thioether (sulfide) groups is 1. The van der Waals surface area contributed by atoms with Gasteiger partial charge in [0.2, 0.25) is 0 Å². The fraction of sp³-hybridized carbons (Fsp3) is 0.227. The van der Waals surface area contributed by atoms with Gasteiger partial charge in [-0.05, 0) is 36.4 Å². The maximum absolute atomic E-state index is 12.5. The fourth-order valence-corrected chi connectivity index (χ4v) is 3.69. The molecule has 0 bridgehead atoms. The SMILES string of the molecule is COc1ccc(C(=O)N[C@H](CO)c2nnc(SCC(=O)c3ccc(C#N)cc3)n2C)cc1. The largest absolute Gasteiger partial charge is 0.497 e. The van der Waals surface area contributed by atoms with Gasteiger partial charge in [0.15, 0.2) is 16.8 Å². The standard InChI is InChI=1S/C22H21N5O4S/c1-27-20(18(12-28)24-21(30)16-7-9-17(31-2)10-8-16)25-26-22(27)32-13-19(29)15-5-3-14(11-23)4-6-15/h3-10,18,28H,12-13H2,1-2H3,(H,24,30)/t18-/m1/s1. The third kappa shape index (κ3) is 5.32. The summed E-state index contributed by atoms with van der Waals surface area (Å²) in [5, 5.41) is 30.0. The van der Waals surface area contributed by atoms with E-state index in [9.17, 15) is 14.7 Å². The van der Waals surface area contributed by atoms with Crippen LogP contribution in [0.15, 0.2) is 53.7 Å². The van der Waals surface area contributed by atoms with Crippen LogP contribution in [-0.2, 0) is 7.05 Å². The van der Waals surface area contributed by atoms with E-state index in [2.05, 4.69) is 15.5 Å². The highest BCUT2D eigenvalue weighted by Gasteiger charge is 2.22. The summed E-state index contributed by atoms with van der Waals surface area (Å²) in [6, 6.07) is 14.2. The van der Waals surface area contributed by atoms with Gasteiger partial charge in [-0.2, -0.15) is 5.26 Å². The Hall–Kier alpha value is -3.68. The Morgan fingerprint density at radius 2 is 1.81 bits per heavy atom. The number of rotatable bonds is 9. The summed E-state index contributed by atoms with van der Waals surface area (Å²) in [6.45, 7) is -0.372. The molecule has 0 aliphatic heterocycles. The number of carbonyl (C=O) groups excluding carboxylic acids is 2. The third-order valence-electron chi connectivity index (χ3n) is 4.69. The van der Waals surface area contributed by atoms with Gasteiger partial charge in [-0.3, -0.25) is 9.59 Å². The summed E-state index contributed by atoms with van der Waals surface area (Å²) >= 11 is 1.19. The molecule has 2 N–H and O–H groups in total. The highest BCUT2D eigenvalue weighted by Crippen LogP contribution is 2.21. The van der Waals surface area contributed by atoms with E-state index < -0.39 is 6.04 Å². The Balaban J connectivity index is 1.65. The molecule has 0 unspecified atom stereocenters. The number of aliphatic hydroxyl groups excluding tert-OH is 1. The van der Waals surface area contributed by atoms with Gasteiger partial charge in [0.05, 0.1) is 31.1 Å². The minimum Gasteiger partial charge on any atom is -0.497 e. The van der Waals surface area contributed by atoms with Crippen molar-refractivity contribution in [2.75, 3.05) is 19.5 Å². The first kappa shape index (κ1) is 23.0. The summed E-state index contributed by atoms with van der Waals surface area (Å²) in [5.41, 5.74) is 1.40. The van der Waals surface area contributed by atoms with Crippen LogP contribution < -0.4 is 10.1 Å². The molecule has 0 fully saturated rings. The monoisotopic (exact) mass is 451 g/mol. The minimum absolute atomic E-state index is 0.115. The van der Waals surface area contributed by atoms with Crippen molar-refractivity contribution in [1.29, 1.82) is 5.26 Å². The van der Waals surface area contributed by atoms with Crippen LogP contribution in [0.25, 0.3) is 0 Å². The molecule has 0 aliphatic carbocycles. The van der Waals surface area contributed by atoms with Crippen LogP contribution in [-0.4, -0.2) is 51.0 Å². The first-order valence-electron chi connectivity index (χ1n) is 9.58. The Morgan fingerprint density at radius 3 is 2.41 bits per heavy atom. The zero-order valence-corrected chi connectivity index (χ0v) is 18.3. The average Bonchev–Trinajstić information content (AvgIpc) is 3.20. The number of carbonyl (C=O) groups is 2. The Bertz CT molecular complexity index is 1140. The maximum Gasteiger partial charge on any atom is 0.251 e. The van der Waals surface area contributed by atoms with Crippen molar-refractivity contribution in [2.45, 2.75) is 11.2 Å². The van der Waals surface area contributed by atoms with Crippen molar-refractivity contribution in [3.8, 4) is 11.8 Å². The van der Waals surface area contributed by atoms with Crippen molar-refractivity contribution in [1.82, 2.24) is 20.1 Å². The van der Waals surface area contributed by atoms with E-state index in [4.69, 9.17) is 10.00 Å². The molecule has 0 saturated carbocycles. The number of nitrogens with one attached hydrogen (secondary N) is 1. The van der Waals surface area contributed by atoms with Gasteiger partial charge in [-0.15, -0.1) is 10.2 Å².